The van der Waals surface area contributed by atoms with Crippen LogP contribution in [0.2, 0.25) is 0 Å². The molecule has 0 unspecified atom stereocenters. The molecule has 0 saturated heterocycles. The summed E-state index contributed by atoms with van der Waals surface area (Å²) in [6.07, 6.45) is 9.70. The predicted octanol–water partition coefficient (Wildman–Crippen LogP) is 4.97. The number of aromatic hydroxyl groups is 1. The molecule has 0 amide bonds. The zero-order valence-electron chi connectivity index (χ0n) is 19.0. The number of phenolic OH excluding ortho intramolecular Hbond substituents is 1. The van der Waals surface area contributed by atoms with Crippen molar-refractivity contribution in [3.8, 4) is 11.5 Å². The van der Waals surface area contributed by atoms with Gasteiger partial charge in [-0.3, -0.25) is 0 Å². The number of hydrogen-bond donors (Lipinski definition) is 1. The number of fused-ring (bicyclic) bond motifs is 4. The lowest BCUT2D eigenvalue weighted by molar-refractivity contribution is -0.164. The van der Waals surface area contributed by atoms with Crippen molar-refractivity contribution in [3.05, 3.63) is 45.7 Å². The third kappa shape index (κ3) is 2.35. The van der Waals surface area contributed by atoms with E-state index in [0.29, 0.717) is 24.5 Å². The van der Waals surface area contributed by atoms with Crippen LogP contribution in [0.4, 0.5) is 0 Å². The molecule has 0 bridgehead atoms. The number of phenols is 1. The van der Waals surface area contributed by atoms with Crippen LogP contribution in [-0.2, 0) is 38.1 Å². The Hall–Kier alpha value is -2.43. The van der Waals surface area contributed by atoms with Crippen molar-refractivity contribution < 1.29 is 24.1 Å². The van der Waals surface area contributed by atoms with Gasteiger partial charge < -0.3 is 19.3 Å². The van der Waals surface area contributed by atoms with Gasteiger partial charge in [0.2, 0.25) is 0 Å². The van der Waals surface area contributed by atoms with Crippen LogP contribution >= 0.6 is 0 Å². The molecule has 1 fully saturated rings. The van der Waals surface area contributed by atoms with E-state index in [4.69, 9.17) is 14.2 Å². The normalized spacial score (nSPS) is 30.0. The summed E-state index contributed by atoms with van der Waals surface area (Å²) in [4.78, 5) is 13.1. The van der Waals surface area contributed by atoms with Crippen LogP contribution in [0.25, 0.3) is 0 Å². The molecular weight excluding hydrogens is 392 g/mol. The number of rotatable bonds is 6. The molecule has 5 nitrogen and oxygen atoms in total. The van der Waals surface area contributed by atoms with Gasteiger partial charge in [-0.15, -0.1) is 0 Å². The van der Waals surface area contributed by atoms with E-state index in [2.05, 4.69) is 0 Å². The van der Waals surface area contributed by atoms with Crippen molar-refractivity contribution in [2.45, 2.75) is 77.2 Å². The number of hydrogen-bond acceptors (Lipinski definition) is 5. The Morgan fingerprint density at radius 2 is 1.90 bits per heavy atom. The highest BCUT2D eigenvalue weighted by molar-refractivity contribution is 5.89. The van der Waals surface area contributed by atoms with Crippen LogP contribution in [0.15, 0.2) is 23.5 Å². The van der Waals surface area contributed by atoms with Crippen molar-refractivity contribution in [1.82, 2.24) is 0 Å². The molecule has 4 aliphatic carbocycles. The van der Waals surface area contributed by atoms with E-state index in [-0.39, 0.29) is 23.1 Å². The molecule has 0 heterocycles. The van der Waals surface area contributed by atoms with Gasteiger partial charge in [-0.05, 0) is 70.9 Å². The molecule has 5 heteroatoms. The van der Waals surface area contributed by atoms with Crippen LogP contribution in [0.1, 0.15) is 75.6 Å². The van der Waals surface area contributed by atoms with E-state index >= 15 is 0 Å². The highest BCUT2D eigenvalue weighted by Gasteiger charge is 2.76. The van der Waals surface area contributed by atoms with Gasteiger partial charge in [-0.25, -0.2) is 4.79 Å². The zero-order chi connectivity index (χ0) is 22.0. The lowest BCUT2D eigenvalue weighted by Crippen LogP contribution is -2.59. The molecule has 0 aliphatic heterocycles. The number of carbonyl (C=O) groups excluding carboxylic acids is 1. The monoisotopic (exact) mass is 424 g/mol. The Morgan fingerprint density at radius 3 is 2.61 bits per heavy atom. The summed E-state index contributed by atoms with van der Waals surface area (Å²) in [5.41, 5.74) is 3.71. The van der Waals surface area contributed by atoms with Gasteiger partial charge in [0.1, 0.15) is 5.76 Å². The first-order valence-electron chi connectivity index (χ1n) is 11.7. The van der Waals surface area contributed by atoms with E-state index in [1.165, 1.54) is 11.1 Å². The van der Waals surface area contributed by atoms with Crippen LogP contribution in [0.5, 0.6) is 11.5 Å². The van der Waals surface area contributed by atoms with Crippen molar-refractivity contribution >= 4 is 5.97 Å². The summed E-state index contributed by atoms with van der Waals surface area (Å²) in [6.45, 7) is 8.56. The smallest absolute Gasteiger partial charge is 0.334 e. The molecule has 3 atom stereocenters. The molecular formula is C26H32O5. The van der Waals surface area contributed by atoms with Gasteiger partial charge in [0, 0.05) is 23.1 Å². The summed E-state index contributed by atoms with van der Waals surface area (Å²) in [6, 6.07) is 0. The summed E-state index contributed by atoms with van der Waals surface area (Å²) in [5.74, 6) is 1.52. The largest absolute Gasteiger partial charge is 0.504 e. The standard InChI is InChI=1S/C26H32O5/c1-5-15(4)24(28)31-26-14-19(29-6-2)18-12-9-13-25(18,26)20-16-10-8-11-17(16)22(27)23(21(20)26)30-7-3/h5,14,18,27H,6-13H2,1-4H3/b15-5+/t18-,25-,26-/m0/s1. The highest BCUT2D eigenvalue weighted by Crippen LogP contribution is 2.76. The Labute approximate surface area is 184 Å². The van der Waals surface area contributed by atoms with Gasteiger partial charge in [0.05, 0.1) is 24.2 Å². The van der Waals surface area contributed by atoms with E-state index in [1.54, 1.807) is 13.0 Å². The average Bonchev–Trinajstić information content (AvgIpc) is 3.45. The van der Waals surface area contributed by atoms with Gasteiger partial charge in [-0.1, -0.05) is 12.5 Å². The van der Waals surface area contributed by atoms with Crippen LogP contribution in [0, 0.1) is 5.92 Å². The maximum absolute atomic E-state index is 13.1. The van der Waals surface area contributed by atoms with E-state index < -0.39 is 5.60 Å². The summed E-state index contributed by atoms with van der Waals surface area (Å²) >= 11 is 0. The fraction of sp³-hybridized carbons (Fsp3) is 0.577. The zero-order valence-corrected chi connectivity index (χ0v) is 19.0. The van der Waals surface area contributed by atoms with Crippen LogP contribution in [-0.4, -0.2) is 24.3 Å². The molecule has 4 aliphatic rings. The Kier molecular flexibility index (Phi) is 4.65. The fourth-order valence-corrected chi connectivity index (χ4v) is 6.74. The molecule has 1 aromatic rings. The number of ether oxygens (including phenoxy) is 3. The fourth-order valence-electron chi connectivity index (χ4n) is 6.74. The maximum atomic E-state index is 13.1. The second kappa shape index (κ2) is 7.04. The first-order valence-corrected chi connectivity index (χ1v) is 11.7. The molecule has 5 rings (SSSR count). The SMILES string of the molecule is C/C=C(\C)C(=O)O[C@]12C=C(OCC)[C@@H]3CCC[C@@]31c1c3c(c(O)c(OCC)c12)CCC3. The Bertz CT molecular complexity index is 1020. The highest BCUT2D eigenvalue weighted by atomic mass is 16.6. The van der Waals surface area contributed by atoms with Gasteiger partial charge in [0.25, 0.3) is 0 Å². The molecule has 1 spiro atoms. The van der Waals surface area contributed by atoms with E-state index in [0.717, 1.165) is 55.4 Å². The van der Waals surface area contributed by atoms with Gasteiger partial charge in [-0.2, -0.15) is 0 Å². The topological polar surface area (TPSA) is 65.0 Å². The molecule has 1 aromatic carbocycles. The first kappa shape index (κ1) is 20.5. The van der Waals surface area contributed by atoms with Crippen molar-refractivity contribution in [3.63, 3.8) is 0 Å². The molecule has 1 N–H and O–H groups in total. The summed E-state index contributed by atoms with van der Waals surface area (Å²) < 4.78 is 18.6. The molecule has 0 aromatic heterocycles. The second-order valence-corrected chi connectivity index (χ2v) is 9.16. The third-order valence-corrected chi connectivity index (χ3v) is 7.93. The maximum Gasteiger partial charge on any atom is 0.334 e. The van der Waals surface area contributed by atoms with Gasteiger partial charge in [0.15, 0.2) is 17.1 Å². The van der Waals surface area contributed by atoms with Gasteiger partial charge >= 0.3 is 5.97 Å². The molecule has 31 heavy (non-hydrogen) atoms. The summed E-state index contributed by atoms with van der Waals surface area (Å²) in [5, 5.41) is 11.2. The van der Waals surface area contributed by atoms with E-state index in [9.17, 15) is 9.90 Å². The Morgan fingerprint density at radius 1 is 1.16 bits per heavy atom. The minimum atomic E-state index is -0.949. The number of esters is 1. The quantitative estimate of drug-likeness (QED) is 0.516. The number of carbonyl (C=O) groups is 1. The van der Waals surface area contributed by atoms with Crippen LogP contribution in [0.3, 0.4) is 0 Å². The third-order valence-electron chi connectivity index (χ3n) is 7.93. The molecule has 166 valence electrons. The number of benzene rings is 1. The van der Waals surface area contributed by atoms with Crippen molar-refractivity contribution in [2.75, 3.05) is 13.2 Å². The average molecular weight is 425 g/mol. The minimum absolute atomic E-state index is 0.197. The number of allylic oxidation sites excluding steroid dienone is 2. The van der Waals surface area contributed by atoms with Crippen molar-refractivity contribution in [1.29, 1.82) is 0 Å². The van der Waals surface area contributed by atoms with Crippen molar-refractivity contribution in [2.24, 2.45) is 5.92 Å². The molecule has 1 saturated carbocycles. The predicted molar refractivity (Wildman–Crippen MR) is 117 cm³/mol. The first-order chi connectivity index (χ1) is 15.0. The lowest BCUT2D eigenvalue weighted by Gasteiger charge is -2.56. The minimum Gasteiger partial charge on any atom is -0.504 e. The van der Waals surface area contributed by atoms with Crippen LogP contribution < -0.4 is 4.74 Å². The lowest BCUT2D eigenvalue weighted by atomic mass is 9.50. The second-order valence-electron chi connectivity index (χ2n) is 9.16. The molecule has 0 radical (unpaired) electrons. The van der Waals surface area contributed by atoms with E-state index in [1.807, 2.05) is 26.8 Å². The Balaban J connectivity index is 1.80. The summed E-state index contributed by atoms with van der Waals surface area (Å²) in [7, 11) is 0.